The minimum absolute atomic E-state index is 0.0899. The quantitative estimate of drug-likeness (QED) is 0.823. The predicted octanol–water partition coefficient (Wildman–Crippen LogP) is 3.88. The second-order valence-electron chi connectivity index (χ2n) is 10.3. The Labute approximate surface area is 178 Å². The summed E-state index contributed by atoms with van der Waals surface area (Å²) in [5.41, 5.74) is 3.57. The van der Waals surface area contributed by atoms with Crippen molar-refractivity contribution in [1.29, 1.82) is 0 Å². The highest BCUT2D eigenvalue weighted by molar-refractivity contribution is 5.98. The van der Waals surface area contributed by atoms with Crippen LogP contribution < -0.4 is 10.1 Å². The molecule has 2 N–H and O–H groups in total. The number of ether oxygens (including phenoxy) is 1. The molecule has 1 amide bonds. The van der Waals surface area contributed by atoms with E-state index in [1.54, 1.807) is 7.11 Å². The van der Waals surface area contributed by atoms with E-state index in [0.29, 0.717) is 12.1 Å². The van der Waals surface area contributed by atoms with Gasteiger partial charge in [0, 0.05) is 24.8 Å². The van der Waals surface area contributed by atoms with E-state index >= 15 is 0 Å². The number of benzene rings is 2. The van der Waals surface area contributed by atoms with Gasteiger partial charge in [-0.2, -0.15) is 0 Å². The summed E-state index contributed by atoms with van der Waals surface area (Å²) in [4.78, 5) is 15.5. The first-order valence-electron chi connectivity index (χ1n) is 11.5. The van der Waals surface area contributed by atoms with Gasteiger partial charge in [-0.1, -0.05) is 30.3 Å². The third-order valence-corrected chi connectivity index (χ3v) is 8.22. The summed E-state index contributed by atoms with van der Waals surface area (Å²) in [7, 11) is 1.69. The van der Waals surface area contributed by atoms with Gasteiger partial charge in [-0.05, 0) is 60.8 Å². The van der Waals surface area contributed by atoms with Crippen molar-refractivity contribution < 1.29 is 14.8 Å². The Morgan fingerprint density at radius 2 is 1.60 bits per heavy atom. The topological polar surface area (TPSA) is 46.1 Å². The van der Waals surface area contributed by atoms with Crippen molar-refractivity contribution >= 4 is 5.91 Å². The molecule has 4 saturated carbocycles. The lowest BCUT2D eigenvalue weighted by Crippen LogP contribution is -3.00. The van der Waals surface area contributed by atoms with Crippen LogP contribution in [0.1, 0.15) is 66.2 Å². The normalized spacial score (nSPS) is 33.8. The van der Waals surface area contributed by atoms with E-state index in [9.17, 15) is 4.79 Å². The minimum atomic E-state index is 0.0899. The summed E-state index contributed by atoms with van der Waals surface area (Å²) in [5.74, 6) is 3.76. The Morgan fingerprint density at radius 1 is 0.967 bits per heavy atom. The average Bonchev–Trinajstić information content (AvgIpc) is 2.99. The summed E-state index contributed by atoms with van der Waals surface area (Å²) in [5, 5.41) is 2.62. The number of fused-ring (bicyclic) bond motifs is 1. The Balaban J connectivity index is 1.32. The number of nitrogens with two attached hydrogens (primary N) is 1. The zero-order valence-electron chi connectivity index (χ0n) is 17.7. The average molecular weight is 404 g/mol. The molecule has 0 unspecified atom stereocenters. The van der Waals surface area contributed by atoms with Gasteiger partial charge in [0.15, 0.2) is 6.17 Å². The van der Waals surface area contributed by atoms with Gasteiger partial charge in [0.25, 0.3) is 5.91 Å². The Kier molecular flexibility index (Phi) is 4.21. The summed E-state index contributed by atoms with van der Waals surface area (Å²) in [6.45, 7) is 0.644. The first-order valence-corrected chi connectivity index (χ1v) is 11.5. The Morgan fingerprint density at radius 3 is 2.23 bits per heavy atom. The zero-order valence-corrected chi connectivity index (χ0v) is 17.7. The molecule has 1 atom stereocenters. The molecular formula is C26H31N2O2+. The molecule has 5 aliphatic rings. The molecule has 4 fully saturated rings. The number of quaternary nitrogens is 1. The van der Waals surface area contributed by atoms with E-state index < -0.39 is 0 Å². The van der Waals surface area contributed by atoms with Gasteiger partial charge in [-0.3, -0.25) is 9.69 Å². The third-order valence-electron chi connectivity index (χ3n) is 8.22. The molecule has 1 aliphatic heterocycles. The fourth-order valence-electron chi connectivity index (χ4n) is 7.39. The first kappa shape index (κ1) is 18.4. The van der Waals surface area contributed by atoms with Crippen molar-refractivity contribution in [2.45, 2.75) is 56.8 Å². The summed E-state index contributed by atoms with van der Waals surface area (Å²) in [6, 6.07) is 16.4. The lowest BCUT2D eigenvalue weighted by molar-refractivity contribution is -0.786. The van der Waals surface area contributed by atoms with Gasteiger partial charge < -0.3 is 10.1 Å². The zero-order chi connectivity index (χ0) is 20.3. The molecular weight excluding hydrogens is 372 g/mol. The van der Waals surface area contributed by atoms with Crippen molar-refractivity contribution in [3.05, 3.63) is 65.2 Å². The number of amides is 1. The smallest absolute Gasteiger partial charge is 0.259 e. The van der Waals surface area contributed by atoms with E-state index in [1.165, 1.54) is 44.1 Å². The summed E-state index contributed by atoms with van der Waals surface area (Å²) < 4.78 is 5.30. The molecule has 0 saturated heterocycles. The van der Waals surface area contributed by atoms with Crippen LogP contribution in [-0.4, -0.2) is 23.5 Å². The lowest BCUT2D eigenvalue weighted by Gasteiger charge is -2.55. The van der Waals surface area contributed by atoms with Gasteiger partial charge in [-0.15, -0.1) is 0 Å². The van der Waals surface area contributed by atoms with Crippen LogP contribution in [0.3, 0.4) is 0 Å². The highest BCUT2D eigenvalue weighted by Gasteiger charge is 2.55. The van der Waals surface area contributed by atoms with Crippen LogP contribution >= 0.6 is 0 Å². The molecule has 0 spiro atoms. The predicted molar refractivity (Wildman–Crippen MR) is 115 cm³/mol. The molecule has 0 radical (unpaired) electrons. The van der Waals surface area contributed by atoms with Crippen LogP contribution in [0.15, 0.2) is 48.5 Å². The number of carbonyl (C=O) groups excluding carboxylic acids is 1. The standard InChI is InChI=1S/C26H30N2O2/c1-30-21-8-6-17(7-9-21)16-28-24(22-4-2-3-5-23(22)25(28)29)27-26-13-18-10-19(14-26)12-20(11-18)15-26/h2-9,18-20,24,27H,10-16H2,1H3/p+1/t18?,19?,20?,24-,26?/m1/s1. The van der Waals surface area contributed by atoms with Gasteiger partial charge >= 0.3 is 0 Å². The first-order chi connectivity index (χ1) is 14.6. The molecule has 156 valence electrons. The third kappa shape index (κ3) is 2.96. The van der Waals surface area contributed by atoms with Gasteiger partial charge in [0.05, 0.1) is 24.8 Å². The van der Waals surface area contributed by atoms with Crippen LogP contribution in [-0.2, 0) is 6.54 Å². The monoisotopic (exact) mass is 403 g/mol. The van der Waals surface area contributed by atoms with Crippen molar-refractivity contribution in [2.24, 2.45) is 17.8 Å². The Bertz CT molecular complexity index is 932. The molecule has 4 nitrogen and oxygen atoms in total. The second kappa shape index (κ2) is 6.84. The number of hydrogen-bond acceptors (Lipinski definition) is 2. The van der Waals surface area contributed by atoms with E-state index in [2.05, 4.69) is 34.5 Å². The van der Waals surface area contributed by atoms with Crippen LogP contribution in [0.25, 0.3) is 0 Å². The van der Waals surface area contributed by atoms with Crippen molar-refractivity contribution in [3.63, 3.8) is 0 Å². The van der Waals surface area contributed by atoms with Crippen LogP contribution in [0.2, 0.25) is 0 Å². The maximum atomic E-state index is 13.4. The molecule has 7 rings (SSSR count). The van der Waals surface area contributed by atoms with Crippen molar-refractivity contribution in [2.75, 3.05) is 7.11 Å². The number of rotatable bonds is 5. The van der Waals surface area contributed by atoms with E-state index in [-0.39, 0.29) is 12.1 Å². The maximum absolute atomic E-state index is 13.4. The number of hydrogen-bond donors (Lipinski definition) is 1. The molecule has 4 heteroatoms. The van der Waals surface area contributed by atoms with Crippen LogP contribution in [0.5, 0.6) is 5.75 Å². The number of methoxy groups -OCH3 is 1. The lowest BCUT2D eigenvalue weighted by atomic mass is 9.53. The number of carbonyl (C=O) groups is 1. The summed E-state index contributed by atoms with van der Waals surface area (Å²) >= 11 is 0. The highest BCUT2D eigenvalue weighted by atomic mass is 16.5. The minimum Gasteiger partial charge on any atom is -0.497 e. The van der Waals surface area contributed by atoms with Crippen LogP contribution in [0, 0.1) is 17.8 Å². The Hall–Kier alpha value is -2.33. The van der Waals surface area contributed by atoms with E-state index in [1.807, 2.05) is 24.3 Å². The van der Waals surface area contributed by atoms with Gasteiger partial charge in [0.1, 0.15) is 5.75 Å². The largest absolute Gasteiger partial charge is 0.497 e. The SMILES string of the molecule is COc1ccc(CN2C(=O)c3ccccc3[C@@H]2[NH2+]C23CC4CC(CC(C4)C2)C3)cc1. The highest BCUT2D eigenvalue weighted by Crippen LogP contribution is 2.54. The van der Waals surface area contributed by atoms with Crippen molar-refractivity contribution in [1.82, 2.24) is 4.90 Å². The fourth-order valence-corrected chi connectivity index (χ4v) is 7.39. The van der Waals surface area contributed by atoms with E-state index in [4.69, 9.17) is 4.74 Å². The molecule has 2 aromatic rings. The molecule has 30 heavy (non-hydrogen) atoms. The van der Waals surface area contributed by atoms with Gasteiger partial charge in [0.2, 0.25) is 0 Å². The molecule has 1 heterocycles. The summed E-state index contributed by atoms with van der Waals surface area (Å²) in [6.07, 6.45) is 8.44. The molecule has 0 aromatic heterocycles. The maximum Gasteiger partial charge on any atom is 0.259 e. The van der Waals surface area contributed by atoms with Gasteiger partial charge in [-0.25, -0.2) is 0 Å². The molecule has 4 aliphatic carbocycles. The van der Waals surface area contributed by atoms with E-state index in [0.717, 1.165) is 34.6 Å². The molecule has 4 bridgehead atoms. The second-order valence-corrected chi connectivity index (χ2v) is 10.3. The fraction of sp³-hybridized carbons (Fsp3) is 0.500. The molecule has 2 aromatic carbocycles. The van der Waals surface area contributed by atoms with Crippen molar-refractivity contribution in [3.8, 4) is 5.75 Å². The van der Waals surface area contributed by atoms with Crippen LogP contribution in [0.4, 0.5) is 0 Å². The number of nitrogens with zero attached hydrogens (tertiary/aromatic N) is 1.